The average Bonchev–Trinajstić information content (AvgIpc) is 2.69. The second kappa shape index (κ2) is 9.55. The highest BCUT2D eigenvalue weighted by molar-refractivity contribution is 5.91. The Morgan fingerprint density at radius 3 is 2.46 bits per heavy atom. The predicted octanol–water partition coefficient (Wildman–Crippen LogP) is 1.31. The highest BCUT2D eigenvalue weighted by Gasteiger charge is 2.16. The Balaban J connectivity index is 1.39. The number of carbonyl (C=O) groups excluding carboxylic acids is 3. The quantitative estimate of drug-likeness (QED) is 0.676. The first-order chi connectivity index (χ1) is 13.6. The second-order valence-electron chi connectivity index (χ2n) is 6.63. The number of amides is 3. The zero-order chi connectivity index (χ0) is 19.8. The van der Waals surface area contributed by atoms with Gasteiger partial charge in [-0.1, -0.05) is 30.3 Å². The minimum Gasteiger partial charge on any atom is -0.360 e. The van der Waals surface area contributed by atoms with Gasteiger partial charge in [-0.2, -0.15) is 0 Å². The molecule has 0 aromatic heterocycles. The van der Waals surface area contributed by atoms with E-state index in [4.69, 9.17) is 0 Å². The molecule has 2 aromatic rings. The largest absolute Gasteiger partial charge is 0.360 e. The van der Waals surface area contributed by atoms with Gasteiger partial charge < -0.3 is 20.9 Å². The van der Waals surface area contributed by atoms with E-state index in [1.807, 2.05) is 59.5 Å². The molecule has 146 valence electrons. The minimum absolute atomic E-state index is 0.0120. The molecule has 3 amide bonds. The first kappa shape index (κ1) is 19.4. The Morgan fingerprint density at radius 2 is 1.75 bits per heavy atom. The van der Waals surface area contributed by atoms with Crippen molar-refractivity contribution in [1.29, 1.82) is 0 Å². The van der Waals surface area contributed by atoms with Crippen molar-refractivity contribution in [2.24, 2.45) is 0 Å². The number of carbonyl (C=O) groups is 3. The zero-order valence-corrected chi connectivity index (χ0v) is 15.6. The second-order valence-corrected chi connectivity index (χ2v) is 6.63. The van der Waals surface area contributed by atoms with Crippen LogP contribution in [0.1, 0.15) is 12.0 Å². The predicted molar refractivity (Wildman–Crippen MR) is 108 cm³/mol. The molecule has 28 heavy (non-hydrogen) atoms. The fourth-order valence-electron chi connectivity index (χ4n) is 3.00. The number of nitrogens with zero attached hydrogens (tertiary/aromatic N) is 1. The summed E-state index contributed by atoms with van der Waals surface area (Å²) >= 11 is 0. The summed E-state index contributed by atoms with van der Waals surface area (Å²) in [6, 6.07) is 16.9. The Labute approximate surface area is 164 Å². The van der Waals surface area contributed by atoms with Gasteiger partial charge in [-0.3, -0.25) is 14.4 Å². The van der Waals surface area contributed by atoms with Gasteiger partial charge in [0.2, 0.25) is 17.7 Å². The van der Waals surface area contributed by atoms with E-state index in [1.165, 1.54) is 0 Å². The summed E-state index contributed by atoms with van der Waals surface area (Å²) in [5.41, 5.74) is 2.57. The summed E-state index contributed by atoms with van der Waals surface area (Å²) in [5.74, 6) is -0.253. The third-order valence-corrected chi connectivity index (χ3v) is 4.44. The summed E-state index contributed by atoms with van der Waals surface area (Å²) in [4.78, 5) is 37.4. The summed E-state index contributed by atoms with van der Waals surface area (Å²) in [5, 5.41) is 8.37. The van der Waals surface area contributed by atoms with Crippen LogP contribution in [0.3, 0.4) is 0 Å². The van der Waals surface area contributed by atoms with E-state index in [9.17, 15) is 14.4 Å². The Hall–Kier alpha value is -3.35. The zero-order valence-electron chi connectivity index (χ0n) is 15.6. The lowest BCUT2D eigenvalue weighted by Gasteiger charge is -2.28. The van der Waals surface area contributed by atoms with Crippen molar-refractivity contribution < 1.29 is 14.4 Å². The number of hydrogen-bond acceptors (Lipinski definition) is 4. The van der Waals surface area contributed by atoms with Crippen LogP contribution in [0, 0.1) is 0 Å². The molecular weight excluding hydrogens is 356 g/mol. The van der Waals surface area contributed by atoms with Crippen LogP contribution in [-0.2, 0) is 20.8 Å². The summed E-state index contributed by atoms with van der Waals surface area (Å²) < 4.78 is 0. The SMILES string of the molecule is O=C(Cc1ccccc1)NCCC(=O)Nc1ccc(N2CCNC(=O)C2)cc1. The van der Waals surface area contributed by atoms with E-state index in [1.54, 1.807) is 0 Å². The maximum atomic E-state index is 12.1. The van der Waals surface area contributed by atoms with Gasteiger partial charge in [-0.15, -0.1) is 0 Å². The van der Waals surface area contributed by atoms with Crippen molar-refractivity contribution in [3.8, 4) is 0 Å². The van der Waals surface area contributed by atoms with Crippen molar-refractivity contribution in [2.45, 2.75) is 12.8 Å². The molecule has 1 fully saturated rings. The van der Waals surface area contributed by atoms with Gasteiger partial charge in [-0.05, 0) is 29.8 Å². The van der Waals surface area contributed by atoms with E-state index < -0.39 is 0 Å². The fraction of sp³-hybridized carbons (Fsp3) is 0.286. The van der Waals surface area contributed by atoms with Gasteiger partial charge in [0.15, 0.2) is 0 Å². The first-order valence-corrected chi connectivity index (χ1v) is 9.32. The van der Waals surface area contributed by atoms with Crippen molar-refractivity contribution in [3.05, 3.63) is 60.2 Å². The molecule has 1 aliphatic heterocycles. The number of anilines is 2. The molecule has 0 unspecified atom stereocenters. The molecule has 7 nitrogen and oxygen atoms in total. The van der Waals surface area contributed by atoms with Gasteiger partial charge in [0.25, 0.3) is 0 Å². The first-order valence-electron chi connectivity index (χ1n) is 9.32. The van der Waals surface area contributed by atoms with Gasteiger partial charge >= 0.3 is 0 Å². The van der Waals surface area contributed by atoms with Crippen LogP contribution in [0.25, 0.3) is 0 Å². The summed E-state index contributed by atoms with van der Waals surface area (Å²) in [6.45, 7) is 2.03. The number of benzene rings is 2. The number of rotatable bonds is 7. The van der Waals surface area contributed by atoms with Crippen LogP contribution in [0.2, 0.25) is 0 Å². The van der Waals surface area contributed by atoms with Crippen LogP contribution in [0.5, 0.6) is 0 Å². The lowest BCUT2D eigenvalue weighted by atomic mass is 10.1. The molecule has 2 aromatic carbocycles. The number of piperazine rings is 1. The van der Waals surface area contributed by atoms with E-state index >= 15 is 0 Å². The van der Waals surface area contributed by atoms with Crippen LogP contribution in [0.15, 0.2) is 54.6 Å². The highest BCUT2D eigenvalue weighted by atomic mass is 16.2. The van der Waals surface area contributed by atoms with Gasteiger partial charge in [-0.25, -0.2) is 0 Å². The minimum atomic E-state index is -0.162. The van der Waals surface area contributed by atoms with Gasteiger partial charge in [0, 0.05) is 37.4 Å². The Kier molecular flexibility index (Phi) is 6.62. The van der Waals surface area contributed by atoms with Crippen molar-refractivity contribution >= 4 is 29.1 Å². The average molecular weight is 380 g/mol. The van der Waals surface area contributed by atoms with Gasteiger partial charge in [0.1, 0.15) is 0 Å². The fourth-order valence-corrected chi connectivity index (χ4v) is 3.00. The topological polar surface area (TPSA) is 90.5 Å². The Bertz CT molecular complexity index is 821. The lowest BCUT2D eigenvalue weighted by molar-refractivity contribution is -0.121. The van der Waals surface area contributed by atoms with E-state index in [-0.39, 0.29) is 24.1 Å². The molecule has 1 saturated heterocycles. The molecule has 0 aliphatic carbocycles. The molecular formula is C21H24N4O3. The smallest absolute Gasteiger partial charge is 0.239 e. The van der Waals surface area contributed by atoms with Crippen LogP contribution in [0.4, 0.5) is 11.4 Å². The summed E-state index contributed by atoms with van der Waals surface area (Å²) in [6.07, 6.45) is 0.507. The molecule has 0 atom stereocenters. The maximum Gasteiger partial charge on any atom is 0.239 e. The number of hydrogen-bond donors (Lipinski definition) is 3. The molecule has 3 N–H and O–H groups in total. The normalized spacial score (nSPS) is 13.6. The monoisotopic (exact) mass is 380 g/mol. The summed E-state index contributed by atoms with van der Waals surface area (Å²) in [7, 11) is 0. The van der Waals surface area contributed by atoms with Crippen LogP contribution < -0.4 is 20.9 Å². The van der Waals surface area contributed by atoms with Crippen LogP contribution >= 0.6 is 0 Å². The molecule has 0 saturated carbocycles. The molecule has 7 heteroatoms. The Morgan fingerprint density at radius 1 is 1.00 bits per heavy atom. The van der Waals surface area contributed by atoms with E-state index in [2.05, 4.69) is 16.0 Å². The molecule has 0 bridgehead atoms. The molecule has 3 rings (SSSR count). The highest BCUT2D eigenvalue weighted by Crippen LogP contribution is 2.18. The molecule has 1 aliphatic rings. The van der Waals surface area contributed by atoms with Crippen molar-refractivity contribution in [2.75, 3.05) is 36.4 Å². The standard InChI is InChI=1S/C21H24N4O3/c26-19(10-11-22-20(27)14-16-4-2-1-3-5-16)24-17-6-8-18(9-7-17)25-13-12-23-21(28)15-25/h1-9H,10-15H2,(H,22,27)(H,23,28)(H,24,26). The van der Waals surface area contributed by atoms with Gasteiger partial charge in [0.05, 0.1) is 13.0 Å². The third-order valence-electron chi connectivity index (χ3n) is 4.44. The van der Waals surface area contributed by atoms with Crippen LogP contribution in [-0.4, -0.2) is 43.9 Å². The maximum absolute atomic E-state index is 12.1. The molecule has 0 radical (unpaired) electrons. The molecule has 0 spiro atoms. The molecule has 1 heterocycles. The third kappa shape index (κ3) is 5.84. The lowest BCUT2D eigenvalue weighted by Crippen LogP contribution is -2.47. The number of nitrogens with one attached hydrogen (secondary N) is 3. The van der Waals surface area contributed by atoms with E-state index in [0.29, 0.717) is 31.7 Å². The van der Waals surface area contributed by atoms with Crippen molar-refractivity contribution in [1.82, 2.24) is 10.6 Å². The van der Waals surface area contributed by atoms with Crippen molar-refractivity contribution in [3.63, 3.8) is 0 Å². The van der Waals surface area contributed by atoms with E-state index in [0.717, 1.165) is 17.8 Å².